The highest BCUT2D eigenvalue weighted by molar-refractivity contribution is 5.80. The number of nitrogens with zero attached hydrogens (tertiary/aromatic N) is 4. The molecule has 3 rings (SSSR count). The second kappa shape index (κ2) is 11.4. The van der Waals surface area contributed by atoms with Gasteiger partial charge in [0.05, 0.1) is 12.3 Å². The van der Waals surface area contributed by atoms with Gasteiger partial charge in [-0.05, 0) is 44.5 Å². The molecule has 0 spiro atoms. The molecule has 1 atom stereocenters. The van der Waals surface area contributed by atoms with Crippen molar-refractivity contribution in [2.75, 3.05) is 46.3 Å². The van der Waals surface area contributed by atoms with E-state index in [0.29, 0.717) is 19.5 Å². The number of rotatable bonds is 3. The van der Waals surface area contributed by atoms with Gasteiger partial charge < -0.3 is 19.8 Å². The zero-order chi connectivity index (χ0) is 20.4. The fourth-order valence-corrected chi connectivity index (χ4v) is 3.80. The lowest BCUT2D eigenvalue weighted by molar-refractivity contribution is -0.137. The molecule has 1 unspecified atom stereocenters. The number of hydrogen-bond acceptors (Lipinski definition) is 5. The monoisotopic (exact) mass is 390 g/mol. The molecule has 2 aliphatic heterocycles. The van der Waals surface area contributed by atoms with E-state index in [-0.39, 0.29) is 24.2 Å². The van der Waals surface area contributed by atoms with Gasteiger partial charge in [-0.2, -0.15) is 0 Å². The maximum absolute atomic E-state index is 12.8. The zero-order valence-corrected chi connectivity index (χ0v) is 16.5. The molecule has 0 bridgehead atoms. The summed E-state index contributed by atoms with van der Waals surface area (Å²) >= 11 is 0. The summed E-state index contributed by atoms with van der Waals surface area (Å²) in [6.45, 7) is 4.47. The van der Waals surface area contributed by atoms with E-state index in [1.807, 2.05) is 21.9 Å². The van der Waals surface area contributed by atoms with Gasteiger partial charge in [-0.25, -0.2) is 0 Å². The first kappa shape index (κ1) is 21.8. The van der Waals surface area contributed by atoms with Crippen LogP contribution in [0.3, 0.4) is 0 Å². The minimum absolute atomic E-state index is 0.122. The number of pyridine rings is 1. The molecule has 2 saturated heterocycles. The first-order valence-electron chi connectivity index (χ1n) is 9.77. The lowest BCUT2D eigenvalue weighted by atomic mass is 9.97. The molecule has 8 heteroatoms. The van der Waals surface area contributed by atoms with E-state index in [4.69, 9.17) is 9.90 Å². The van der Waals surface area contributed by atoms with E-state index < -0.39 is 0 Å². The Morgan fingerprint density at radius 1 is 1.18 bits per heavy atom. The van der Waals surface area contributed by atoms with Crippen molar-refractivity contribution in [3.63, 3.8) is 0 Å². The number of carboxylic acid groups (broad SMARTS) is 1. The lowest BCUT2D eigenvalue weighted by Gasteiger charge is -2.32. The SMILES string of the molecule is CN1CCCC(C(=O)N2CCCN(C(=O)Cc3cccnc3)CC2)C1.O=CO. The van der Waals surface area contributed by atoms with Crippen LogP contribution in [-0.2, 0) is 20.8 Å². The van der Waals surface area contributed by atoms with Gasteiger partial charge in [0.2, 0.25) is 11.8 Å². The molecule has 0 saturated carbocycles. The Labute approximate surface area is 166 Å². The quantitative estimate of drug-likeness (QED) is 0.765. The van der Waals surface area contributed by atoms with E-state index in [2.05, 4.69) is 16.9 Å². The second-order valence-corrected chi connectivity index (χ2v) is 7.30. The molecule has 0 aliphatic carbocycles. The van der Waals surface area contributed by atoms with Crippen LogP contribution in [0.4, 0.5) is 0 Å². The zero-order valence-electron chi connectivity index (χ0n) is 16.5. The van der Waals surface area contributed by atoms with Crippen molar-refractivity contribution < 1.29 is 19.5 Å². The Morgan fingerprint density at radius 3 is 2.57 bits per heavy atom. The van der Waals surface area contributed by atoms with Gasteiger partial charge in [-0.15, -0.1) is 0 Å². The fraction of sp³-hybridized carbons (Fsp3) is 0.600. The number of carbonyl (C=O) groups excluding carboxylic acids is 2. The molecule has 0 aromatic carbocycles. The molecule has 8 nitrogen and oxygen atoms in total. The Bertz CT molecular complexity index is 640. The van der Waals surface area contributed by atoms with Gasteiger partial charge in [0.25, 0.3) is 6.47 Å². The number of piperidine rings is 1. The van der Waals surface area contributed by atoms with Crippen LogP contribution < -0.4 is 0 Å². The normalized spacial score (nSPS) is 20.5. The molecule has 0 radical (unpaired) electrons. The molecule has 2 fully saturated rings. The molecule has 1 N–H and O–H groups in total. The first-order chi connectivity index (χ1) is 13.5. The Balaban J connectivity index is 0.000000878. The molecule has 2 aliphatic rings. The number of amides is 2. The highest BCUT2D eigenvalue weighted by atomic mass is 16.3. The molecule has 154 valence electrons. The molecular formula is C20H30N4O4. The van der Waals surface area contributed by atoms with Gasteiger partial charge in [-0.1, -0.05) is 6.07 Å². The summed E-state index contributed by atoms with van der Waals surface area (Å²) in [5.74, 6) is 0.518. The van der Waals surface area contributed by atoms with Crippen molar-refractivity contribution in [2.24, 2.45) is 5.92 Å². The number of likely N-dealkylation sites (tertiary alicyclic amines) is 1. The minimum Gasteiger partial charge on any atom is -0.483 e. The molecule has 2 amide bonds. The average molecular weight is 390 g/mol. The smallest absolute Gasteiger partial charge is 0.290 e. The second-order valence-electron chi connectivity index (χ2n) is 7.30. The molecule has 1 aromatic rings. The molecule has 1 aromatic heterocycles. The summed E-state index contributed by atoms with van der Waals surface area (Å²) < 4.78 is 0. The van der Waals surface area contributed by atoms with Crippen molar-refractivity contribution in [3.8, 4) is 0 Å². The van der Waals surface area contributed by atoms with Crippen LogP contribution in [0.2, 0.25) is 0 Å². The third-order valence-corrected chi connectivity index (χ3v) is 5.21. The van der Waals surface area contributed by atoms with Gasteiger partial charge in [-0.3, -0.25) is 19.4 Å². The van der Waals surface area contributed by atoms with Crippen LogP contribution in [0.5, 0.6) is 0 Å². The van der Waals surface area contributed by atoms with E-state index in [9.17, 15) is 9.59 Å². The molecule has 3 heterocycles. The van der Waals surface area contributed by atoms with Crippen molar-refractivity contribution in [1.82, 2.24) is 19.7 Å². The summed E-state index contributed by atoms with van der Waals surface area (Å²) in [7, 11) is 2.08. The van der Waals surface area contributed by atoms with Crippen LogP contribution in [0, 0.1) is 5.92 Å². The van der Waals surface area contributed by atoms with Crippen LogP contribution in [0.25, 0.3) is 0 Å². The third-order valence-electron chi connectivity index (χ3n) is 5.21. The largest absolute Gasteiger partial charge is 0.483 e. The maximum Gasteiger partial charge on any atom is 0.290 e. The summed E-state index contributed by atoms with van der Waals surface area (Å²) in [4.78, 5) is 43.9. The number of carbonyl (C=O) groups is 3. The topological polar surface area (TPSA) is 94.1 Å². The van der Waals surface area contributed by atoms with Gasteiger partial charge in [0.15, 0.2) is 0 Å². The predicted molar refractivity (Wildman–Crippen MR) is 105 cm³/mol. The fourth-order valence-electron chi connectivity index (χ4n) is 3.80. The van der Waals surface area contributed by atoms with E-state index in [0.717, 1.165) is 51.0 Å². The Morgan fingerprint density at radius 2 is 1.89 bits per heavy atom. The number of hydrogen-bond donors (Lipinski definition) is 1. The lowest BCUT2D eigenvalue weighted by Crippen LogP contribution is -2.45. The summed E-state index contributed by atoms with van der Waals surface area (Å²) in [6.07, 6.45) is 6.78. The van der Waals surface area contributed by atoms with Gasteiger partial charge in [0.1, 0.15) is 0 Å². The van der Waals surface area contributed by atoms with E-state index >= 15 is 0 Å². The van der Waals surface area contributed by atoms with E-state index in [1.54, 1.807) is 12.4 Å². The van der Waals surface area contributed by atoms with Crippen molar-refractivity contribution in [2.45, 2.75) is 25.7 Å². The third kappa shape index (κ3) is 6.60. The molecule has 28 heavy (non-hydrogen) atoms. The van der Waals surface area contributed by atoms with Crippen LogP contribution in [0.15, 0.2) is 24.5 Å². The highest BCUT2D eigenvalue weighted by Gasteiger charge is 2.29. The van der Waals surface area contributed by atoms with Crippen LogP contribution >= 0.6 is 0 Å². The van der Waals surface area contributed by atoms with Crippen molar-refractivity contribution in [1.29, 1.82) is 0 Å². The Kier molecular flexibility index (Phi) is 8.87. The average Bonchev–Trinajstić information content (AvgIpc) is 2.95. The van der Waals surface area contributed by atoms with Crippen molar-refractivity contribution in [3.05, 3.63) is 30.1 Å². The van der Waals surface area contributed by atoms with Gasteiger partial charge >= 0.3 is 0 Å². The highest BCUT2D eigenvalue weighted by Crippen LogP contribution is 2.19. The summed E-state index contributed by atoms with van der Waals surface area (Å²) in [5.41, 5.74) is 0.940. The predicted octanol–water partition coefficient (Wildman–Crippen LogP) is 0.728. The van der Waals surface area contributed by atoms with Crippen LogP contribution in [-0.4, -0.2) is 89.4 Å². The van der Waals surface area contributed by atoms with Crippen LogP contribution in [0.1, 0.15) is 24.8 Å². The summed E-state index contributed by atoms with van der Waals surface area (Å²) in [6, 6.07) is 3.78. The molecular weight excluding hydrogens is 360 g/mol. The minimum atomic E-state index is -0.250. The first-order valence-corrected chi connectivity index (χ1v) is 9.77. The van der Waals surface area contributed by atoms with E-state index in [1.165, 1.54) is 0 Å². The van der Waals surface area contributed by atoms with Crippen molar-refractivity contribution >= 4 is 18.3 Å². The Hall–Kier alpha value is -2.48. The summed E-state index contributed by atoms with van der Waals surface area (Å²) in [5, 5.41) is 6.89. The van der Waals surface area contributed by atoms with Gasteiger partial charge in [0, 0.05) is 45.1 Å². The number of aromatic nitrogens is 1. The maximum atomic E-state index is 12.8. The standard InChI is InChI=1S/C19H28N4O2.CH2O2/c1-21-8-3-6-17(15-21)19(25)23-10-4-9-22(11-12-23)18(24)13-16-5-2-7-20-14-16;2-1-3/h2,5,7,14,17H,3-4,6,8-13,15H2,1H3;1H,(H,2,3).